The lowest BCUT2D eigenvalue weighted by molar-refractivity contribution is -0.734. The lowest BCUT2D eigenvalue weighted by atomic mass is 9.67. The van der Waals surface area contributed by atoms with Gasteiger partial charge >= 0.3 is 0 Å². The Balaban J connectivity index is 1.08. The van der Waals surface area contributed by atoms with Gasteiger partial charge in [0.25, 0.3) is 0 Å². The molecule has 4 nitrogen and oxygen atoms in total. The number of benzene rings is 7. The van der Waals surface area contributed by atoms with Gasteiger partial charge in [0.05, 0.1) is 22.0 Å². The van der Waals surface area contributed by atoms with Crippen LogP contribution in [0, 0.1) is 0 Å². The number of hydrogen-bond donors (Lipinski definition) is 1. The van der Waals surface area contributed by atoms with Gasteiger partial charge in [0.2, 0.25) is 0 Å². The molecule has 0 saturated heterocycles. The van der Waals surface area contributed by atoms with Crippen molar-refractivity contribution in [2.45, 2.75) is 40.4 Å². The van der Waals surface area contributed by atoms with Gasteiger partial charge in [-0.2, -0.15) is 0 Å². The van der Waals surface area contributed by atoms with Crippen LogP contribution in [0.1, 0.15) is 53.0 Å². The summed E-state index contributed by atoms with van der Waals surface area (Å²) in [5.41, 5.74) is 15.6. The van der Waals surface area contributed by atoms with Crippen molar-refractivity contribution in [1.82, 2.24) is 4.57 Å². The predicted octanol–water partition coefficient (Wildman–Crippen LogP) is 12.3. The van der Waals surface area contributed by atoms with E-state index >= 15 is 0 Å². The van der Waals surface area contributed by atoms with Gasteiger partial charge in [0.1, 0.15) is 23.5 Å². The first-order valence-corrected chi connectivity index (χ1v) is 20.5. The highest BCUT2D eigenvalue weighted by Crippen LogP contribution is 2.63. The standard InChI is InChI=1S/C51H34N3OS/c1-5-20-38-30(14-1)36-28-37-31-15-3-9-24-43(31)54(44(37)29-41(36)51(38)39-21-6-11-26-46(39)56-47-27-12-7-22-40(47)51)50-52-42-23-8-2-17-34(42)48(53-50)35-19-13-18-33-32-16-4-10-25-45(32)55-49(33)35/h1,3-16,18-29,48,50,53H,2,17H2/q-1/p+1. The summed E-state index contributed by atoms with van der Waals surface area (Å²) >= 11 is 1.89. The van der Waals surface area contributed by atoms with Gasteiger partial charge < -0.3 is 19.6 Å². The van der Waals surface area contributed by atoms with Crippen LogP contribution in [0.5, 0.6) is 0 Å². The van der Waals surface area contributed by atoms with Crippen molar-refractivity contribution in [3.63, 3.8) is 0 Å². The van der Waals surface area contributed by atoms with Crippen LogP contribution in [0.4, 0.5) is 0 Å². The molecule has 0 bridgehead atoms. The van der Waals surface area contributed by atoms with E-state index in [4.69, 9.17) is 9.73 Å². The Morgan fingerprint density at radius 2 is 1.34 bits per heavy atom. The van der Waals surface area contributed by atoms with E-state index in [9.17, 15) is 0 Å². The highest BCUT2D eigenvalue weighted by molar-refractivity contribution is 7.99. The van der Waals surface area contributed by atoms with Crippen molar-refractivity contribution < 1.29 is 9.73 Å². The maximum Gasteiger partial charge on any atom is 0.144 e. The van der Waals surface area contributed by atoms with E-state index in [2.05, 4.69) is 174 Å². The second-order valence-electron chi connectivity index (χ2n) is 15.6. The van der Waals surface area contributed by atoms with Gasteiger partial charge in [-0.1, -0.05) is 133 Å². The van der Waals surface area contributed by atoms with Crippen LogP contribution >= 0.6 is 11.8 Å². The zero-order chi connectivity index (χ0) is 36.5. The number of aromatic nitrogens is 1. The molecule has 7 aromatic carbocycles. The van der Waals surface area contributed by atoms with Crippen LogP contribution < -0.4 is 5.32 Å². The maximum absolute atomic E-state index is 6.69. The van der Waals surface area contributed by atoms with Gasteiger partial charge in [-0.25, -0.2) is 0 Å². The fourth-order valence-corrected chi connectivity index (χ4v) is 11.9. The normalized spacial score (nSPS) is 18.9. The Labute approximate surface area is 328 Å². The van der Waals surface area contributed by atoms with E-state index in [-0.39, 0.29) is 12.3 Å². The van der Waals surface area contributed by atoms with Crippen LogP contribution in [-0.2, 0) is 5.41 Å². The zero-order valence-electron chi connectivity index (χ0n) is 30.4. The lowest BCUT2D eigenvalue weighted by Crippen LogP contribution is -2.88. The molecule has 2 aliphatic heterocycles. The first-order valence-electron chi connectivity index (χ1n) is 19.7. The predicted molar refractivity (Wildman–Crippen MR) is 227 cm³/mol. The minimum atomic E-state index is -0.450. The Morgan fingerprint density at radius 3 is 2.20 bits per heavy atom. The molecule has 2 aliphatic carbocycles. The van der Waals surface area contributed by atoms with Crippen LogP contribution in [0.25, 0.3) is 60.2 Å². The third-order valence-electron chi connectivity index (χ3n) is 12.9. The number of furan rings is 1. The number of fused-ring (bicyclic) bond motifs is 15. The lowest BCUT2D eigenvalue weighted by Gasteiger charge is -2.44. The number of quaternary nitrogens is 1. The van der Waals surface area contributed by atoms with Crippen molar-refractivity contribution in [2.24, 2.45) is 0 Å². The number of allylic oxidation sites excluding steroid dienone is 2. The minimum Gasteiger partial charge on any atom is -0.615 e. The fraction of sp³-hybridized carbons (Fsp3) is 0.0980. The Morgan fingerprint density at radius 1 is 0.625 bits per heavy atom. The number of nitrogens with two attached hydrogens (primary N) is 1. The van der Waals surface area contributed by atoms with Gasteiger partial charge in [-0.3, -0.25) is 0 Å². The van der Waals surface area contributed by atoms with Gasteiger partial charge in [-0.15, -0.1) is 5.70 Å². The molecule has 56 heavy (non-hydrogen) atoms. The SMILES string of the molecule is C1=CC2=C(CC1)C(c1cccc3c1oc1ccccc13)[NH2+]C(n1c3ccccc3c3cc4c(cc31)C1(c3ccccc3Sc3ccccc31)c1ccccc1-4)[N-]2. The first kappa shape index (κ1) is 31.0. The summed E-state index contributed by atoms with van der Waals surface area (Å²) < 4.78 is 9.21. The molecule has 4 aliphatic rings. The quantitative estimate of drug-likeness (QED) is 0.192. The summed E-state index contributed by atoms with van der Waals surface area (Å²) in [6, 6.07) is 56.3. The molecule has 0 radical (unpaired) electrons. The van der Waals surface area contributed by atoms with E-state index in [0.29, 0.717) is 0 Å². The van der Waals surface area contributed by atoms with Crippen molar-refractivity contribution in [3.8, 4) is 11.1 Å². The Kier molecular flexibility index (Phi) is 6.30. The molecule has 0 amide bonds. The van der Waals surface area contributed by atoms with Gasteiger partial charge in [0.15, 0.2) is 0 Å². The van der Waals surface area contributed by atoms with E-state index in [1.807, 2.05) is 11.8 Å². The minimum absolute atomic E-state index is 0.0528. The highest BCUT2D eigenvalue weighted by Gasteiger charge is 2.50. The van der Waals surface area contributed by atoms with Crippen LogP contribution in [0.15, 0.2) is 189 Å². The average Bonchev–Trinajstić information content (AvgIpc) is 3.89. The molecular formula is C51H35N3OS. The summed E-state index contributed by atoms with van der Waals surface area (Å²) in [5.74, 6) is 0. The Hall–Kier alpha value is -6.27. The number of hydrogen-bond acceptors (Lipinski definition) is 2. The largest absolute Gasteiger partial charge is 0.615 e. The number of para-hydroxylation sites is 3. The molecule has 2 aromatic heterocycles. The van der Waals surface area contributed by atoms with Gasteiger partial charge in [-0.05, 0) is 94.3 Å². The van der Waals surface area contributed by atoms with Crippen molar-refractivity contribution in [2.75, 3.05) is 0 Å². The van der Waals surface area contributed by atoms with E-state index in [1.54, 1.807) is 0 Å². The van der Waals surface area contributed by atoms with Crippen LogP contribution in [-0.4, -0.2) is 4.57 Å². The third kappa shape index (κ3) is 3.98. The zero-order valence-corrected chi connectivity index (χ0v) is 31.3. The smallest absolute Gasteiger partial charge is 0.144 e. The average molecular weight is 738 g/mol. The molecule has 9 aromatic rings. The second kappa shape index (κ2) is 11.4. The summed E-state index contributed by atoms with van der Waals surface area (Å²) in [6.45, 7) is 0. The molecule has 0 fully saturated rings. The topological polar surface area (TPSA) is 48.8 Å². The highest BCUT2D eigenvalue weighted by atomic mass is 32.2. The molecular weight excluding hydrogens is 703 g/mol. The van der Waals surface area contributed by atoms with Gasteiger partial charge in [0, 0.05) is 31.3 Å². The van der Waals surface area contributed by atoms with Crippen molar-refractivity contribution in [1.29, 1.82) is 0 Å². The molecule has 2 N–H and O–H groups in total. The molecule has 1 spiro atoms. The maximum atomic E-state index is 6.69. The molecule has 2 unspecified atom stereocenters. The number of nitrogens with zero attached hydrogens (tertiary/aromatic N) is 2. The van der Waals surface area contributed by atoms with Crippen molar-refractivity contribution in [3.05, 3.63) is 208 Å². The van der Waals surface area contributed by atoms with E-state index in [0.717, 1.165) is 35.1 Å². The summed E-state index contributed by atoms with van der Waals surface area (Å²) in [7, 11) is 0. The molecule has 5 heteroatoms. The third-order valence-corrected chi connectivity index (χ3v) is 14.1. The summed E-state index contributed by atoms with van der Waals surface area (Å²) in [6.07, 6.45) is 6.32. The number of rotatable bonds is 2. The summed E-state index contributed by atoms with van der Waals surface area (Å²) in [5, 5.41) is 13.0. The molecule has 0 saturated carbocycles. The summed E-state index contributed by atoms with van der Waals surface area (Å²) in [4.78, 5) is 2.63. The van der Waals surface area contributed by atoms with E-state index in [1.165, 1.54) is 81.5 Å². The van der Waals surface area contributed by atoms with Crippen molar-refractivity contribution >= 4 is 55.5 Å². The first-order chi connectivity index (χ1) is 27.8. The molecule has 2 atom stereocenters. The second-order valence-corrected chi connectivity index (χ2v) is 16.7. The fourth-order valence-electron chi connectivity index (χ4n) is 10.7. The van der Waals surface area contributed by atoms with Crippen LogP contribution in [0.2, 0.25) is 0 Å². The van der Waals surface area contributed by atoms with E-state index < -0.39 is 5.41 Å². The van der Waals surface area contributed by atoms with Crippen LogP contribution in [0.3, 0.4) is 0 Å². The molecule has 4 heterocycles. The molecule has 13 rings (SSSR count). The monoisotopic (exact) mass is 737 g/mol. The Bertz CT molecular complexity index is 3170. The molecule has 266 valence electrons.